The van der Waals surface area contributed by atoms with Gasteiger partial charge in [0.15, 0.2) is 0 Å². The number of carboxylic acid groups (broad SMARTS) is 1. The molecule has 0 spiro atoms. The van der Waals surface area contributed by atoms with E-state index in [2.05, 4.69) is 9.68 Å². The first-order valence-electron chi connectivity index (χ1n) is 3.35. The average molecular weight is 163 g/mol. The molecule has 0 saturated carbocycles. The number of carboxylic acids is 1. The van der Waals surface area contributed by atoms with Crippen molar-refractivity contribution in [2.45, 2.75) is 0 Å². The van der Waals surface area contributed by atoms with Crippen LogP contribution in [0.4, 0.5) is 0 Å². The van der Waals surface area contributed by atoms with Crippen LogP contribution in [0.2, 0.25) is 0 Å². The van der Waals surface area contributed by atoms with Crippen molar-refractivity contribution in [3.63, 3.8) is 0 Å². The van der Waals surface area contributed by atoms with Crippen molar-refractivity contribution in [2.24, 2.45) is 0 Å². The normalized spacial score (nSPS) is 10.3. The van der Waals surface area contributed by atoms with E-state index in [1.165, 1.54) is 18.4 Å². The van der Waals surface area contributed by atoms with Crippen molar-refractivity contribution in [1.82, 2.24) is 5.16 Å². The molecule has 0 fully saturated rings. The lowest BCUT2D eigenvalue weighted by Gasteiger charge is -1.90. The van der Waals surface area contributed by atoms with E-state index in [9.17, 15) is 4.79 Å². The van der Waals surface area contributed by atoms with Crippen LogP contribution in [0.15, 0.2) is 29.0 Å². The minimum atomic E-state index is -0.946. The molecule has 1 N–H and O–H groups in total. The van der Waals surface area contributed by atoms with Gasteiger partial charge < -0.3 is 9.63 Å². The predicted octanol–water partition coefficient (Wildman–Crippen LogP) is 1.53. The highest BCUT2D eigenvalue weighted by Gasteiger charge is 2.04. The highest BCUT2D eigenvalue weighted by molar-refractivity contribution is 5.92. The fourth-order valence-corrected chi connectivity index (χ4v) is 1.00. The topological polar surface area (TPSA) is 63.3 Å². The molecule has 0 bridgehead atoms. The van der Waals surface area contributed by atoms with Crippen LogP contribution >= 0.6 is 0 Å². The molecule has 0 aliphatic carbocycles. The van der Waals surface area contributed by atoms with Crippen LogP contribution in [0.25, 0.3) is 10.9 Å². The Hall–Kier alpha value is -1.84. The van der Waals surface area contributed by atoms with Crippen molar-refractivity contribution >= 4 is 16.9 Å². The van der Waals surface area contributed by atoms with Gasteiger partial charge in [-0.05, 0) is 18.2 Å². The minimum Gasteiger partial charge on any atom is -0.478 e. The number of aromatic carboxylic acids is 1. The monoisotopic (exact) mass is 163 g/mol. The Bertz CT molecular complexity index is 433. The molecule has 4 nitrogen and oxygen atoms in total. The van der Waals surface area contributed by atoms with E-state index in [-0.39, 0.29) is 5.56 Å². The first-order valence-corrected chi connectivity index (χ1v) is 3.35. The maximum atomic E-state index is 10.5. The molecule has 4 heteroatoms. The summed E-state index contributed by atoms with van der Waals surface area (Å²) < 4.78 is 4.66. The fraction of sp³-hybridized carbons (Fsp3) is 0. The van der Waals surface area contributed by atoms with Crippen LogP contribution in [0, 0.1) is 0 Å². The summed E-state index contributed by atoms with van der Waals surface area (Å²) in [6.45, 7) is 0. The molecule has 2 rings (SSSR count). The fourth-order valence-electron chi connectivity index (χ4n) is 1.00. The Morgan fingerprint density at radius 2 is 2.33 bits per heavy atom. The van der Waals surface area contributed by atoms with E-state index in [0.29, 0.717) is 10.9 Å². The lowest BCUT2D eigenvalue weighted by Crippen LogP contribution is -1.94. The number of benzene rings is 1. The molecule has 0 aliphatic heterocycles. The number of hydrogen-bond donors (Lipinski definition) is 1. The molecule has 1 aromatic heterocycles. The number of nitrogens with zero attached hydrogens (tertiary/aromatic N) is 1. The van der Waals surface area contributed by atoms with Crippen LogP contribution in [-0.2, 0) is 0 Å². The van der Waals surface area contributed by atoms with Crippen molar-refractivity contribution in [1.29, 1.82) is 0 Å². The second-order valence-electron chi connectivity index (χ2n) is 2.39. The van der Waals surface area contributed by atoms with Crippen molar-refractivity contribution in [3.8, 4) is 0 Å². The van der Waals surface area contributed by atoms with Crippen molar-refractivity contribution < 1.29 is 14.4 Å². The summed E-state index contributed by atoms with van der Waals surface area (Å²) in [5.74, 6) is -0.946. The Morgan fingerprint density at radius 1 is 1.50 bits per heavy atom. The van der Waals surface area contributed by atoms with Gasteiger partial charge in [-0.25, -0.2) is 4.79 Å². The number of fused-ring (bicyclic) bond motifs is 1. The summed E-state index contributed by atoms with van der Waals surface area (Å²) in [7, 11) is 0. The smallest absolute Gasteiger partial charge is 0.335 e. The minimum absolute atomic E-state index is 0.241. The molecule has 0 radical (unpaired) electrons. The Morgan fingerprint density at radius 3 is 3.08 bits per heavy atom. The van der Waals surface area contributed by atoms with Gasteiger partial charge in [0.05, 0.1) is 5.56 Å². The molecule has 1 heterocycles. The molecular weight excluding hydrogens is 158 g/mol. The van der Waals surface area contributed by atoms with Gasteiger partial charge in [0.25, 0.3) is 0 Å². The third kappa shape index (κ3) is 0.934. The second-order valence-corrected chi connectivity index (χ2v) is 2.39. The van der Waals surface area contributed by atoms with Gasteiger partial charge in [-0.2, -0.15) is 0 Å². The Kier molecular flexibility index (Phi) is 1.33. The number of rotatable bonds is 1. The molecule has 12 heavy (non-hydrogen) atoms. The third-order valence-corrected chi connectivity index (χ3v) is 1.61. The van der Waals surface area contributed by atoms with E-state index in [4.69, 9.17) is 5.11 Å². The first kappa shape index (κ1) is 6.84. The lowest BCUT2D eigenvalue weighted by atomic mass is 10.2. The van der Waals surface area contributed by atoms with Crippen LogP contribution in [0.5, 0.6) is 0 Å². The van der Waals surface area contributed by atoms with Crippen LogP contribution < -0.4 is 0 Å². The third-order valence-electron chi connectivity index (χ3n) is 1.61. The SMILES string of the molecule is O=C(O)c1ccc2nocc2c1. The zero-order chi connectivity index (χ0) is 8.55. The van der Waals surface area contributed by atoms with Crippen LogP contribution in [0.3, 0.4) is 0 Å². The molecule has 2 aromatic rings. The van der Waals surface area contributed by atoms with Crippen LogP contribution in [-0.4, -0.2) is 16.2 Å². The van der Waals surface area contributed by atoms with E-state index >= 15 is 0 Å². The summed E-state index contributed by atoms with van der Waals surface area (Å²) in [6, 6.07) is 4.63. The maximum Gasteiger partial charge on any atom is 0.335 e. The van der Waals surface area contributed by atoms with E-state index < -0.39 is 5.97 Å². The summed E-state index contributed by atoms with van der Waals surface area (Å²) in [5, 5.41) is 13.0. The standard InChI is InChI=1S/C8H5NO3/c10-8(11)5-1-2-7-6(3-5)4-12-9-7/h1-4H,(H,10,11). The summed E-state index contributed by atoms with van der Waals surface area (Å²) >= 11 is 0. The van der Waals surface area contributed by atoms with Gasteiger partial charge in [0.2, 0.25) is 0 Å². The molecule has 0 saturated heterocycles. The van der Waals surface area contributed by atoms with Gasteiger partial charge in [0, 0.05) is 5.39 Å². The van der Waals surface area contributed by atoms with Crippen molar-refractivity contribution in [3.05, 3.63) is 30.0 Å². The molecule has 0 aliphatic rings. The van der Waals surface area contributed by atoms with E-state index in [1.54, 1.807) is 6.07 Å². The Balaban J connectivity index is 2.68. The Labute approximate surface area is 67.4 Å². The zero-order valence-corrected chi connectivity index (χ0v) is 6.02. The van der Waals surface area contributed by atoms with E-state index in [1.807, 2.05) is 0 Å². The highest BCUT2D eigenvalue weighted by Crippen LogP contribution is 2.13. The number of carbonyl (C=O) groups is 1. The largest absolute Gasteiger partial charge is 0.478 e. The quantitative estimate of drug-likeness (QED) is 0.692. The summed E-state index contributed by atoms with van der Waals surface area (Å²) in [4.78, 5) is 10.5. The lowest BCUT2D eigenvalue weighted by molar-refractivity contribution is 0.0697. The molecule has 1 aromatic carbocycles. The first-order chi connectivity index (χ1) is 5.77. The number of aromatic nitrogens is 1. The molecular formula is C8H5NO3. The van der Waals surface area contributed by atoms with E-state index in [0.717, 1.165) is 0 Å². The molecule has 0 unspecified atom stereocenters. The summed E-state index contributed by atoms with van der Waals surface area (Å²) in [6.07, 6.45) is 1.42. The number of hydrogen-bond acceptors (Lipinski definition) is 3. The maximum absolute atomic E-state index is 10.5. The average Bonchev–Trinajstić information content (AvgIpc) is 2.49. The zero-order valence-electron chi connectivity index (χ0n) is 6.02. The highest BCUT2D eigenvalue weighted by atomic mass is 16.5. The van der Waals surface area contributed by atoms with Crippen molar-refractivity contribution in [2.75, 3.05) is 0 Å². The molecule has 0 atom stereocenters. The van der Waals surface area contributed by atoms with Gasteiger partial charge in [-0.3, -0.25) is 0 Å². The summed E-state index contributed by atoms with van der Waals surface area (Å²) in [5.41, 5.74) is 0.908. The van der Waals surface area contributed by atoms with Gasteiger partial charge in [-0.1, -0.05) is 5.16 Å². The van der Waals surface area contributed by atoms with Crippen LogP contribution in [0.1, 0.15) is 10.4 Å². The molecule has 0 amide bonds. The van der Waals surface area contributed by atoms with Gasteiger partial charge in [0.1, 0.15) is 11.8 Å². The molecule has 60 valence electrons. The van der Waals surface area contributed by atoms with Gasteiger partial charge in [-0.15, -0.1) is 0 Å². The second kappa shape index (κ2) is 2.34. The van der Waals surface area contributed by atoms with Gasteiger partial charge >= 0.3 is 5.97 Å². The predicted molar refractivity (Wildman–Crippen MR) is 41.0 cm³/mol.